The van der Waals surface area contributed by atoms with Crippen LogP contribution in [0, 0.1) is 5.92 Å². The molecule has 1 aromatic carbocycles. The number of benzene rings is 1. The Morgan fingerprint density at radius 1 is 1.16 bits per heavy atom. The Hall–Kier alpha value is -2.27. The average molecular weight is 540 g/mol. The summed E-state index contributed by atoms with van der Waals surface area (Å²) in [5.41, 5.74) is 1.92. The number of amides is 1. The summed E-state index contributed by atoms with van der Waals surface area (Å²) in [7, 11) is 0. The van der Waals surface area contributed by atoms with Gasteiger partial charge in [-0.3, -0.25) is 4.90 Å². The zero-order valence-electron chi connectivity index (χ0n) is 17.4. The minimum atomic E-state index is -0.288. The fourth-order valence-electron chi connectivity index (χ4n) is 3.50. The molecule has 8 nitrogen and oxygen atoms in total. The maximum absolute atomic E-state index is 11.7. The normalized spacial score (nSPS) is 18.6. The van der Waals surface area contributed by atoms with Crippen molar-refractivity contribution in [2.24, 2.45) is 10.9 Å². The van der Waals surface area contributed by atoms with Crippen LogP contribution < -0.4 is 15.5 Å². The second kappa shape index (κ2) is 11.9. The van der Waals surface area contributed by atoms with E-state index in [0.717, 1.165) is 62.1 Å². The molecule has 4 rings (SSSR count). The highest BCUT2D eigenvalue weighted by Crippen LogP contribution is 2.19. The van der Waals surface area contributed by atoms with Crippen molar-refractivity contribution in [1.29, 1.82) is 0 Å². The van der Waals surface area contributed by atoms with Crippen LogP contribution in [-0.4, -0.2) is 51.5 Å². The third-order valence-corrected chi connectivity index (χ3v) is 5.25. The minimum Gasteiger partial charge on any atom is -0.469 e. The molecule has 3 heterocycles. The van der Waals surface area contributed by atoms with Gasteiger partial charge in [0, 0.05) is 37.7 Å². The molecular formula is C22H29IN4O4. The van der Waals surface area contributed by atoms with Gasteiger partial charge in [-0.1, -0.05) is 12.1 Å². The summed E-state index contributed by atoms with van der Waals surface area (Å²) in [4.78, 5) is 18.1. The first-order valence-corrected chi connectivity index (χ1v) is 10.4. The van der Waals surface area contributed by atoms with Crippen LogP contribution in [0.3, 0.4) is 0 Å². The van der Waals surface area contributed by atoms with Crippen LogP contribution in [0.4, 0.5) is 10.5 Å². The molecule has 2 aromatic rings. The van der Waals surface area contributed by atoms with Crippen LogP contribution in [0.2, 0.25) is 0 Å². The number of carbonyl (C=O) groups excluding carboxylic acids is 1. The number of aliphatic imine (C=N–C) groups is 1. The number of nitrogens with zero attached hydrogens (tertiary/aromatic N) is 2. The van der Waals surface area contributed by atoms with Gasteiger partial charge in [0.05, 0.1) is 26.0 Å². The molecule has 1 aromatic heterocycles. The molecular weight excluding hydrogens is 511 g/mol. The highest BCUT2D eigenvalue weighted by molar-refractivity contribution is 14.0. The van der Waals surface area contributed by atoms with Crippen molar-refractivity contribution in [3.05, 3.63) is 54.0 Å². The Morgan fingerprint density at radius 2 is 2.03 bits per heavy atom. The van der Waals surface area contributed by atoms with Crippen LogP contribution >= 0.6 is 24.0 Å². The molecule has 2 saturated heterocycles. The van der Waals surface area contributed by atoms with Crippen molar-refractivity contribution in [1.82, 2.24) is 10.6 Å². The van der Waals surface area contributed by atoms with Crippen molar-refractivity contribution >= 4 is 41.7 Å². The first-order valence-electron chi connectivity index (χ1n) is 10.4. The predicted molar refractivity (Wildman–Crippen MR) is 129 cm³/mol. The number of carbonyl (C=O) groups is 1. The van der Waals surface area contributed by atoms with Gasteiger partial charge in [0.2, 0.25) is 0 Å². The molecule has 0 spiro atoms. The van der Waals surface area contributed by atoms with Gasteiger partial charge in [-0.2, -0.15) is 0 Å². The lowest BCUT2D eigenvalue weighted by Crippen LogP contribution is -2.40. The largest absolute Gasteiger partial charge is 0.469 e. The minimum absolute atomic E-state index is 0. The Morgan fingerprint density at radius 3 is 2.71 bits per heavy atom. The molecule has 1 atom stereocenters. The topological polar surface area (TPSA) is 88.3 Å². The number of hydrogen-bond donors (Lipinski definition) is 2. The molecule has 0 aliphatic carbocycles. The highest BCUT2D eigenvalue weighted by atomic mass is 127. The lowest BCUT2D eigenvalue weighted by atomic mass is 10.1. The van der Waals surface area contributed by atoms with Gasteiger partial charge in [-0.25, -0.2) is 9.79 Å². The summed E-state index contributed by atoms with van der Waals surface area (Å²) in [6.07, 6.45) is 3.27. The number of cyclic esters (lactones) is 1. The number of guanidine groups is 1. The van der Waals surface area contributed by atoms with Crippen LogP contribution in [0.5, 0.6) is 0 Å². The molecule has 2 N–H and O–H groups in total. The number of anilines is 1. The van der Waals surface area contributed by atoms with E-state index in [4.69, 9.17) is 18.9 Å². The summed E-state index contributed by atoms with van der Waals surface area (Å²) in [6, 6.07) is 11.7. The van der Waals surface area contributed by atoms with E-state index in [9.17, 15) is 4.79 Å². The van der Waals surface area contributed by atoms with Gasteiger partial charge in [-0.05, 0) is 36.2 Å². The molecule has 1 unspecified atom stereocenters. The third-order valence-electron chi connectivity index (χ3n) is 5.25. The predicted octanol–water partition coefficient (Wildman–Crippen LogP) is 3.17. The van der Waals surface area contributed by atoms with Crippen molar-refractivity contribution in [2.45, 2.75) is 19.4 Å². The van der Waals surface area contributed by atoms with Gasteiger partial charge >= 0.3 is 6.09 Å². The number of rotatable bonds is 8. The van der Waals surface area contributed by atoms with Crippen molar-refractivity contribution in [3.8, 4) is 0 Å². The number of nitrogens with one attached hydrogen (secondary N) is 2. The molecule has 0 saturated carbocycles. The Balaban J connectivity index is 0.00000272. The first-order chi connectivity index (χ1) is 14.8. The Kier molecular flexibility index (Phi) is 9.01. The van der Waals surface area contributed by atoms with Crippen molar-refractivity contribution in [2.75, 3.05) is 44.4 Å². The van der Waals surface area contributed by atoms with Crippen LogP contribution in [0.15, 0.2) is 52.1 Å². The van der Waals surface area contributed by atoms with Crippen LogP contribution in [-0.2, 0) is 22.4 Å². The molecule has 0 radical (unpaired) electrons. The molecule has 2 fully saturated rings. The first kappa shape index (κ1) is 23.4. The molecule has 2 aliphatic heterocycles. The lowest BCUT2D eigenvalue weighted by Gasteiger charge is -2.15. The Bertz CT molecular complexity index is 836. The second-order valence-electron chi connectivity index (χ2n) is 7.46. The zero-order valence-corrected chi connectivity index (χ0v) is 19.7. The van der Waals surface area contributed by atoms with E-state index < -0.39 is 0 Å². The Labute approximate surface area is 199 Å². The summed E-state index contributed by atoms with van der Waals surface area (Å²) in [5.74, 6) is 2.24. The molecule has 31 heavy (non-hydrogen) atoms. The van der Waals surface area contributed by atoms with Gasteiger partial charge in [0.15, 0.2) is 5.96 Å². The number of hydrogen-bond acceptors (Lipinski definition) is 5. The molecule has 2 aliphatic rings. The van der Waals surface area contributed by atoms with Gasteiger partial charge in [-0.15, -0.1) is 24.0 Å². The molecule has 0 bridgehead atoms. The summed E-state index contributed by atoms with van der Waals surface area (Å²) in [6.45, 7) is 4.78. The fourth-order valence-corrected chi connectivity index (χ4v) is 3.50. The summed E-state index contributed by atoms with van der Waals surface area (Å²) in [5, 5.41) is 6.82. The fraction of sp³-hybridized carbons (Fsp3) is 0.455. The van der Waals surface area contributed by atoms with Crippen molar-refractivity contribution < 1.29 is 18.7 Å². The number of ether oxygens (including phenoxy) is 2. The van der Waals surface area contributed by atoms with E-state index in [2.05, 4.69) is 10.6 Å². The summed E-state index contributed by atoms with van der Waals surface area (Å²) < 4.78 is 15.8. The number of halogens is 1. The van der Waals surface area contributed by atoms with Gasteiger partial charge in [0.25, 0.3) is 0 Å². The monoisotopic (exact) mass is 540 g/mol. The molecule has 168 valence electrons. The SMILES string of the molecule is I.O=C1OCCN1c1ccc(CN=C(NCCc2ccco2)NCC2CCOC2)cc1. The van der Waals surface area contributed by atoms with E-state index in [1.807, 2.05) is 36.4 Å². The maximum atomic E-state index is 11.7. The zero-order chi connectivity index (χ0) is 20.6. The van der Waals surface area contributed by atoms with E-state index in [-0.39, 0.29) is 30.1 Å². The van der Waals surface area contributed by atoms with Crippen LogP contribution in [0.1, 0.15) is 17.7 Å². The molecule has 9 heteroatoms. The lowest BCUT2D eigenvalue weighted by molar-refractivity contribution is 0.181. The van der Waals surface area contributed by atoms with E-state index in [1.165, 1.54) is 0 Å². The smallest absolute Gasteiger partial charge is 0.414 e. The van der Waals surface area contributed by atoms with E-state index >= 15 is 0 Å². The van der Waals surface area contributed by atoms with Gasteiger partial charge in [0.1, 0.15) is 12.4 Å². The van der Waals surface area contributed by atoms with E-state index in [0.29, 0.717) is 25.6 Å². The third kappa shape index (κ3) is 6.86. The second-order valence-corrected chi connectivity index (χ2v) is 7.46. The van der Waals surface area contributed by atoms with E-state index in [1.54, 1.807) is 11.2 Å². The standard InChI is InChI=1S/C22H28N4O4.HI/c27-22-26(10-13-30-22)19-5-3-17(4-6-19)14-24-21(25-15-18-8-12-28-16-18)23-9-7-20-2-1-11-29-20;/h1-6,11,18H,7-10,12-16H2,(H2,23,24,25);1H. The average Bonchev–Trinajstić information content (AvgIpc) is 3.53. The number of furan rings is 1. The van der Waals surface area contributed by atoms with Gasteiger partial charge < -0.3 is 24.5 Å². The quantitative estimate of drug-likeness (QED) is 0.304. The summed E-state index contributed by atoms with van der Waals surface area (Å²) >= 11 is 0. The highest BCUT2D eigenvalue weighted by Gasteiger charge is 2.23. The van der Waals surface area contributed by atoms with Crippen molar-refractivity contribution in [3.63, 3.8) is 0 Å². The molecule has 1 amide bonds. The van der Waals surface area contributed by atoms with Crippen LogP contribution in [0.25, 0.3) is 0 Å². The maximum Gasteiger partial charge on any atom is 0.414 e.